The second-order valence-electron chi connectivity index (χ2n) is 11.5. The van der Waals surface area contributed by atoms with Gasteiger partial charge in [0.1, 0.15) is 12.2 Å². The summed E-state index contributed by atoms with van der Waals surface area (Å²) in [6.07, 6.45) is 3.78. The average molecular weight is 579 g/mol. The maximum atomic E-state index is 13.5. The molecular formula is C33H42N2O7. The number of carbonyl (C=O) groups is 4. The van der Waals surface area contributed by atoms with Crippen molar-refractivity contribution in [2.75, 3.05) is 19.8 Å². The molecule has 0 saturated heterocycles. The normalized spacial score (nSPS) is 20.7. The zero-order chi connectivity index (χ0) is 30.5. The van der Waals surface area contributed by atoms with Crippen LogP contribution < -0.4 is 5.32 Å². The van der Waals surface area contributed by atoms with Crippen molar-refractivity contribution < 1.29 is 33.8 Å². The highest BCUT2D eigenvalue weighted by Crippen LogP contribution is 2.23. The van der Waals surface area contributed by atoms with Crippen molar-refractivity contribution in [2.24, 2.45) is 11.8 Å². The van der Waals surface area contributed by atoms with Crippen LogP contribution in [-0.2, 0) is 35.2 Å². The van der Waals surface area contributed by atoms with Crippen molar-refractivity contribution in [1.29, 1.82) is 0 Å². The number of hydrogen-bond acceptors (Lipinski definition) is 7. The van der Waals surface area contributed by atoms with Gasteiger partial charge in [-0.2, -0.15) is 0 Å². The third-order valence-electron chi connectivity index (χ3n) is 6.82. The fourth-order valence-electron chi connectivity index (χ4n) is 4.69. The first-order valence-electron chi connectivity index (χ1n) is 14.4. The SMILES string of the molecule is CC(C)(C)OC(=O)C[C@H]1C/C=C\C[C@@H](CC(=O)N(CCO)Cc2ccccc2)C(=O)N[C@@H](c2ccccc2)COC1=O. The highest BCUT2D eigenvalue weighted by atomic mass is 16.6. The van der Waals surface area contributed by atoms with E-state index >= 15 is 0 Å². The summed E-state index contributed by atoms with van der Waals surface area (Å²) in [5.41, 5.74) is 0.977. The van der Waals surface area contributed by atoms with E-state index in [1.54, 1.807) is 37.8 Å². The number of aliphatic hydroxyl groups excluding tert-OH is 1. The first-order chi connectivity index (χ1) is 20.1. The molecule has 2 aromatic carbocycles. The third kappa shape index (κ3) is 10.8. The van der Waals surface area contributed by atoms with Crippen LogP contribution in [0.4, 0.5) is 0 Å². The van der Waals surface area contributed by atoms with Crippen LogP contribution in [0.5, 0.6) is 0 Å². The Bertz CT molecular complexity index is 1210. The molecular weight excluding hydrogens is 536 g/mol. The predicted molar refractivity (Wildman–Crippen MR) is 158 cm³/mol. The van der Waals surface area contributed by atoms with Gasteiger partial charge in [0.15, 0.2) is 0 Å². The van der Waals surface area contributed by atoms with Gasteiger partial charge < -0.3 is 24.8 Å². The van der Waals surface area contributed by atoms with Gasteiger partial charge >= 0.3 is 11.9 Å². The fraction of sp³-hybridized carbons (Fsp3) is 0.455. The van der Waals surface area contributed by atoms with E-state index in [0.29, 0.717) is 6.54 Å². The molecule has 3 rings (SSSR count). The average Bonchev–Trinajstić information content (AvgIpc) is 2.95. The summed E-state index contributed by atoms with van der Waals surface area (Å²) >= 11 is 0. The summed E-state index contributed by atoms with van der Waals surface area (Å²) in [6, 6.07) is 18.0. The van der Waals surface area contributed by atoms with Crippen LogP contribution in [0.1, 0.15) is 63.6 Å². The number of aliphatic hydroxyl groups is 1. The number of hydrogen-bond donors (Lipinski definition) is 2. The Hall–Kier alpha value is -3.98. The number of amides is 2. The summed E-state index contributed by atoms with van der Waals surface area (Å²) in [5, 5.41) is 12.6. The summed E-state index contributed by atoms with van der Waals surface area (Å²) in [6.45, 7) is 5.43. The second-order valence-corrected chi connectivity index (χ2v) is 11.5. The number of esters is 2. The Kier molecular flexibility index (Phi) is 12.3. The Morgan fingerprint density at radius 2 is 1.57 bits per heavy atom. The summed E-state index contributed by atoms with van der Waals surface area (Å²) < 4.78 is 11.1. The molecule has 3 atom stereocenters. The van der Waals surface area contributed by atoms with E-state index in [1.807, 2.05) is 60.7 Å². The first kappa shape index (κ1) is 32.5. The van der Waals surface area contributed by atoms with Gasteiger partial charge in [0.25, 0.3) is 0 Å². The molecule has 2 aromatic rings. The van der Waals surface area contributed by atoms with E-state index in [4.69, 9.17) is 9.47 Å². The number of benzene rings is 2. The van der Waals surface area contributed by atoms with Crippen molar-refractivity contribution in [2.45, 2.75) is 64.6 Å². The summed E-state index contributed by atoms with van der Waals surface area (Å²) in [4.78, 5) is 54.1. The van der Waals surface area contributed by atoms with Gasteiger partial charge in [0.2, 0.25) is 11.8 Å². The van der Waals surface area contributed by atoms with Crippen LogP contribution in [0.2, 0.25) is 0 Å². The van der Waals surface area contributed by atoms with Crippen molar-refractivity contribution in [1.82, 2.24) is 10.2 Å². The number of carbonyl (C=O) groups excluding carboxylic acids is 4. The maximum absolute atomic E-state index is 13.5. The molecule has 0 radical (unpaired) electrons. The van der Waals surface area contributed by atoms with Crippen molar-refractivity contribution in [3.05, 3.63) is 83.9 Å². The molecule has 9 nitrogen and oxygen atoms in total. The van der Waals surface area contributed by atoms with Crippen LogP contribution in [-0.4, -0.2) is 59.1 Å². The van der Waals surface area contributed by atoms with E-state index in [-0.39, 0.29) is 57.3 Å². The Balaban J connectivity index is 1.82. The van der Waals surface area contributed by atoms with E-state index in [1.165, 1.54) is 0 Å². The molecule has 2 amide bonds. The molecule has 0 unspecified atom stereocenters. The zero-order valence-corrected chi connectivity index (χ0v) is 24.7. The van der Waals surface area contributed by atoms with Crippen LogP contribution in [0, 0.1) is 11.8 Å². The van der Waals surface area contributed by atoms with Crippen LogP contribution in [0.15, 0.2) is 72.8 Å². The van der Waals surface area contributed by atoms with Gasteiger partial charge in [-0.15, -0.1) is 0 Å². The van der Waals surface area contributed by atoms with Gasteiger partial charge in [0.05, 0.1) is 30.9 Å². The molecule has 0 aromatic heterocycles. The molecule has 0 saturated carbocycles. The van der Waals surface area contributed by atoms with E-state index in [9.17, 15) is 24.3 Å². The number of nitrogens with one attached hydrogen (secondary N) is 1. The minimum atomic E-state index is -0.756. The largest absolute Gasteiger partial charge is 0.463 e. The minimum absolute atomic E-state index is 0.0638. The zero-order valence-electron chi connectivity index (χ0n) is 24.7. The highest BCUT2D eigenvalue weighted by molar-refractivity contribution is 5.86. The van der Waals surface area contributed by atoms with Gasteiger partial charge in [-0.3, -0.25) is 19.2 Å². The van der Waals surface area contributed by atoms with Crippen LogP contribution in [0.3, 0.4) is 0 Å². The van der Waals surface area contributed by atoms with Crippen LogP contribution in [0.25, 0.3) is 0 Å². The number of rotatable bonds is 9. The fourth-order valence-corrected chi connectivity index (χ4v) is 4.69. The number of cyclic esters (lactones) is 1. The molecule has 1 aliphatic heterocycles. The maximum Gasteiger partial charge on any atom is 0.309 e. The van der Waals surface area contributed by atoms with E-state index in [2.05, 4.69) is 5.32 Å². The van der Waals surface area contributed by atoms with Gasteiger partial charge in [-0.05, 0) is 44.7 Å². The van der Waals surface area contributed by atoms with E-state index < -0.39 is 35.4 Å². The lowest BCUT2D eigenvalue weighted by atomic mass is 9.95. The standard InChI is InChI=1S/C33H42N2O7/c1-33(2,3)42-30(38)21-27-17-11-10-16-26(20-29(37)35(18-19-36)22-24-12-6-4-7-13-24)31(39)34-28(23-41-32(27)40)25-14-8-5-9-15-25/h4-15,26-28,36H,16-23H2,1-3H3,(H,34,39)/b11-10-/t26-,27+,28+/m0/s1. The topological polar surface area (TPSA) is 122 Å². The van der Waals surface area contributed by atoms with Gasteiger partial charge in [0, 0.05) is 19.5 Å². The smallest absolute Gasteiger partial charge is 0.309 e. The summed E-state index contributed by atoms with van der Waals surface area (Å²) in [7, 11) is 0. The Morgan fingerprint density at radius 1 is 0.952 bits per heavy atom. The van der Waals surface area contributed by atoms with Crippen molar-refractivity contribution in [3.8, 4) is 0 Å². The van der Waals surface area contributed by atoms with Crippen molar-refractivity contribution >= 4 is 23.8 Å². The molecule has 0 aliphatic carbocycles. The minimum Gasteiger partial charge on any atom is -0.463 e. The van der Waals surface area contributed by atoms with Gasteiger partial charge in [-0.25, -0.2) is 0 Å². The number of allylic oxidation sites excluding steroid dienone is 2. The van der Waals surface area contributed by atoms with Crippen molar-refractivity contribution in [3.63, 3.8) is 0 Å². The second kappa shape index (κ2) is 15.9. The lowest BCUT2D eigenvalue weighted by molar-refractivity contribution is -0.161. The Morgan fingerprint density at radius 3 is 2.19 bits per heavy atom. The predicted octanol–water partition coefficient (Wildman–Crippen LogP) is 4.11. The molecule has 2 N–H and O–H groups in total. The molecule has 1 aliphatic rings. The molecule has 0 fully saturated rings. The molecule has 226 valence electrons. The molecule has 42 heavy (non-hydrogen) atoms. The number of ether oxygens (including phenoxy) is 2. The number of nitrogens with zero attached hydrogens (tertiary/aromatic N) is 1. The molecule has 0 bridgehead atoms. The van der Waals surface area contributed by atoms with E-state index in [0.717, 1.165) is 11.1 Å². The van der Waals surface area contributed by atoms with Gasteiger partial charge in [-0.1, -0.05) is 72.8 Å². The lowest BCUT2D eigenvalue weighted by Crippen LogP contribution is -2.40. The first-order valence-corrected chi connectivity index (χ1v) is 14.4. The molecule has 9 heteroatoms. The third-order valence-corrected chi connectivity index (χ3v) is 6.82. The molecule has 1 heterocycles. The monoisotopic (exact) mass is 578 g/mol. The summed E-state index contributed by atoms with van der Waals surface area (Å²) in [5.74, 6) is -3.09. The van der Waals surface area contributed by atoms with Crippen LogP contribution >= 0.6 is 0 Å². The lowest BCUT2D eigenvalue weighted by Gasteiger charge is -2.27. The Labute approximate surface area is 247 Å². The quantitative estimate of drug-likeness (QED) is 0.339. The highest BCUT2D eigenvalue weighted by Gasteiger charge is 2.30. The molecule has 0 spiro atoms.